The van der Waals surface area contributed by atoms with Crippen molar-refractivity contribution in [1.29, 1.82) is 0 Å². The van der Waals surface area contributed by atoms with Gasteiger partial charge in [0.2, 0.25) is 0 Å². The highest BCUT2D eigenvalue weighted by Crippen LogP contribution is 2.14. The van der Waals surface area contributed by atoms with Crippen molar-refractivity contribution < 1.29 is 19.4 Å². The second-order valence-corrected chi connectivity index (χ2v) is 6.22. The average Bonchev–Trinajstić information content (AvgIpc) is 2.44. The lowest BCUT2D eigenvalue weighted by molar-refractivity contribution is -0.139. The Labute approximate surface area is 131 Å². The Bertz CT molecular complexity index is 494. The standard InChI is InChI=1S/C17H25NO4/c1-11(2)9-15(17(20)21)18-16(19)13-5-7-14(8-6-13)22-10-12(3)4/h5-8,11-12,15H,9-10H2,1-4H3,(H,18,19)(H,20,21)/t15-/m1/s1. The quantitative estimate of drug-likeness (QED) is 0.774. The molecule has 0 fully saturated rings. The summed E-state index contributed by atoms with van der Waals surface area (Å²) in [5, 5.41) is 11.7. The predicted molar refractivity (Wildman–Crippen MR) is 85.1 cm³/mol. The highest BCUT2D eigenvalue weighted by Gasteiger charge is 2.21. The fraction of sp³-hybridized carbons (Fsp3) is 0.529. The van der Waals surface area contributed by atoms with Crippen LogP contribution in [0.3, 0.4) is 0 Å². The van der Waals surface area contributed by atoms with Crippen LogP contribution in [0.4, 0.5) is 0 Å². The lowest BCUT2D eigenvalue weighted by Gasteiger charge is -2.16. The van der Waals surface area contributed by atoms with Crippen molar-refractivity contribution in [2.75, 3.05) is 6.61 Å². The Morgan fingerprint density at radius 1 is 1.09 bits per heavy atom. The molecule has 0 unspecified atom stereocenters. The molecule has 0 aliphatic rings. The van der Waals surface area contributed by atoms with Gasteiger partial charge in [-0.25, -0.2) is 4.79 Å². The van der Waals surface area contributed by atoms with Crippen molar-refractivity contribution in [3.05, 3.63) is 29.8 Å². The number of carboxylic acids is 1. The second kappa shape index (κ2) is 8.41. The molecule has 1 atom stereocenters. The lowest BCUT2D eigenvalue weighted by Crippen LogP contribution is -2.41. The van der Waals surface area contributed by atoms with Gasteiger partial charge in [0.25, 0.3) is 5.91 Å². The largest absolute Gasteiger partial charge is 0.493 e. The van der Waals surface area contributed by atoms with Gasteiger partial charge in [0, 0.05) is 5.56 Å². The molecule has 1 amide bonds. The third-order valence-electron chi connectivity index (χ3n) is 3.01. The van der Waals surface area contributed by atoms with Crippen LogP contribution in [-0.2, 0) is 4.79 Å². The van der Waals surface area contributed by atoms with E-state index in [2.05, 4.69) is 19.2 Å². The Kier molecular flexibility index (Phi) is 6.89. The number of carbonyl (C=O) groups excluding carboxylic acids is 1. The Balaban J connectivity index is 2.66. The van der Waals surface area contributed by atoms with Crippen LogP contribution < -0.4 is 10.1 Å². The number of ether oxygens (including phenoxy) is 1. The van der Waals surface area contributed by atoms with Crippen molar-refractivity contribution in [3.8, 4) is 5.75 Å². The van der Waals surface area contributed by atoms with E-state index in [-0.39, 0.29) is 11.8 Å². The number of rotatable bonds is 8. The minimum Gasteiger partial charge on any atom is -0.493 e. The van der Waals surface area contributed by atoms with Gasteiger partial charge in [-0.05, 0) is 42.5 Å². The smallest absolute Gasteiger partial charge is 0.326 e. The van der Waals surface area contributed by atoms with Crippen LogP contribution in [0.15, 0.2) is 24.3 Å². The summed E-state index contributed by atoms with van der Waals surface area (Å²) in [6, 6.07) is 5.84. The molecule has 0 radical (unpaired) electrons. The van der Waals surface area contributed by atoms with Gasteiger partial charge in [0.1, 0.15) is 11.8 Å². The molecule has 0 spiro atoms. The number of hydrogen-bond donors (Lipinski definition) is 2. The van der Waals surface area contributed by atoms with Crippen molar-refractivity contribution in [2.24, 2.45) is 11.8 Å². The fourth-order valence-electron chi connectivity index (χ4n) is 1.90. The van der Waals surface area contributed by atoms with Crippen molar-refractivity contribution in [2.45, 2.75) is 40.2 Å². The van der Waals surface area contributed by atoms with Gasteiger partial charge in [-0.2, -0.15) is 0 Å². The zero-order chi connectivity index (χ0) is 16.7. The van der Waals surface area contributed by atoms with E-state index in [1.54, 1.807) is 24.3 Å². The van der Waals surface area contributed by atoms with Gasteiger partial charge < -0.3 is 15.2 Å². The molecule has 0 saturated carbocycles. The zero-order valence-corrected chi connectivity index (χ0v) is 13.6. The Morgan fingerprint density at radius 3 is 2.14 bits per heavy atom. The number of amides is 1. The topological polar surface area (TPSA) is 75.6 Å². The molecular formula is C17H25NO4. The normalized spacial score (nSPS) is 12.3. The van der Waals surface area contributed by atoms with E-state index in [9.17, 15) is 9.59 Å². The molecular weight excluding hydrogens is 282 g/mol. The van der Waals surface area contributed by atoms with E-state index in [0.717, 1.165) is 0 Å². The zero-order valence-electron chi connectivity index (χ0n) is 13.6. The highest BCUT2D eigenvalue weighted by molar-refractivity contribution is 5.96. The van der Waals surface area contributed by atoms with Crippen LogP contribution in [0, 0.1) is 11.8 Å². The molecule has 1 rings (SSSR count). The number of carboxylic acid groups (broad SMARTS) is 1. The first-order valence-corrected chi connectivity index (χ1v) is 7.56. The van der Waals surface area contributed by atoms with Crippen molar-refractivity contribution in [3.63, 3.8) is 0 Å². The van der Waals surface area contributed by atoms with Crippen LogP contribution >= 0.6 is 0 Å². The molecule has 0 saturated heterocycles. The summed E-state index contributed by atoms with van der Waals surface area (Å²) < 4.78 is 5.55. The number of aliphatic carboxylic acids is 1. The molecule has 5 nitrogen and oxygen atoms in total. The maximum Gasteiger partial charge on any atom is 0.326 e. The van der Waals surface area contributed by atoms with Gasteiger partial charge in [0.05, 0.1) is 6.61 Å². The Morgan fingerprint density at radius 2 is 1.68 bits per heavy atom. The van der Waals surface area contributed by atoms with Gasteiger partial charge >= 0.3 is 5.97 Å². The molecule has 0 aliphatic heterocycles. The minimum absolute atomic E-state index is 0.188. The summed E-state index contributed by atoms with van der Waals surface area (Å²) in [5.74, 6) is -0.0897. The highest BCUT2D eigenvalue weighted by atomic mass is 16.5. The average molecular weight is 307 g/mol. The van der Waals surface area contributed by atoms with E-state index in [1.165, 1.54) is 0 Å². The second-order valence-electron chi connectivity index (χ2n) is 6.22. The van der Waals surface area contributed by atoms with Crippen molar-refractivity contribution >= 4 is 11.9 Å². The summed E-state index contributed by atoms with van der Waals surface area (Å²) in [6.07, 6.45) is 0.399. The van der Waals surface area contributed by atoms with E-state index in [4.69, 9.17) is 9.84 Å². The number of benzene rings is 1. The first-order valence-electron chi connectivity index (χ1n) is 7.56. The molecule has 2 N–H and O–H groups in total. The predicted octanol–water partition coefficient (Wildman–Crippen LogP) is 2.95. The summed E-state index contributed by atoms with van der Waals surface area (Å²) in [7, 11) is 0. The summed E-state index contributed by atoms with van der Waals surface area (Å²) in [4.78, 5) is 23.3. The molecule has 0 heterocycles. The molecule has 1 aromatic rings. The molecule has 1 aromatic carbocycles. The van der Waals surface area contributed by atoms with Crippen LogP contribution in [0.25, 0.3) is 0 Å². The summed E-state index contributed by atoms with van der Waals surface area (Å²) >= 11 is 0. The van der Waals surface area contributed by atoms with Gasteiger partial charge in [0.15, 0.2) is 0 Å². The van der Waals surface area contributed by atoms with Gasteiger partial charge in [-0.1, -0.05) is 27.7 Å². The van der Waals surface area contributed by atoms with E-state index in [0.29, 0.717) is 30.3 Å². The maximum absolute atomic E-state index is 12.1. The summed E-state index contributed by atoms with van der Waals surface area (Å²) in [6.45, 7) is 8.57. The van der Waals surface area contributed by atoms with Crippen LogP contribution in [0.2, 0.25) is 0 Å². The number of carbonyl (C=O) groups is 2. The monoisotopic (exact) mass is 307 g/mol. The van der Waals surface area contributed by atoms with Crippen LogP contribution in [0.1, 0.15) is 44.5 Å². The van der Waals surface area contributed by atoms with E-state index >= 15 is 0 Å². The van der Waals surface area contributed by atoms with Crippen LogP contribution in [-0.4, -0.2) is 29.6 Å². The molecule has 0 aliphatic carbocycles. The molecule has 122 valence electrons. The molecule has 22 heavy (non-hydrogen) atoms. The maximum atomic E-state index is 12.1. The van der Waals surface area contributed by atoms with Crippen molar-refractivity contribution in [1.82, 2.24) is 5.32 Å². The summed E-state index contributed by atoms with van der Waals surface area (Å²) in [5.41, 5.74) is 0.423. The Hall–Kier alpha value is -2.04. The third-order valence-corrected chi connectivity index (χ3v) is 3.01. The van der Waals surface area contributed by atoms with Gasteiger partial charge in [-0.15, -0.1) is 0 Å². The molecule has 0 bridgehead atoms. The lowest BCUT2D eigenvalue weighted by atomic mass is 10.0. The molecule has 0 aromatic heterocycles. The first-order chi connectivity index (χ1) is 10.3. The van der Waals surface area contributed by atoms with Gasteiger partial charge in [-0.3, -0.25) is 4.79 Å². The van der Waals surface area contributed by atoms with E-state index < -0.39 is 12.0 Å². The fourth-order valence-corrected chi connectivity index (χ4v) is 1.90. The first kappa shape index (κ1) is 18.0. The van der Waals surface area contributed by atoms with E-state index in [1.807, 2.05) is 13.8 Å². The number of nitrogens with one attached hydrogen (secondary N) is 1. The number of hydrogen-bond acceptors (Lipinski definition) is 3. The minimum atomic E-state index is -1.01. The SMILES string of the molecule is CC(C)COc1ccc(C(=O)N[C@H](CC(C)C)C(=O)O)cc1. The van der Waals surface area contributed by atoms with Crippen LogP contribution in [0.5, 0.6) is 5.75 Å². The third kappa shape index (κ3) is 6.16. The molecule has 5 heteroatoms.